The van der Waals surface area contributed by atoms with Crippen LogP contribution in [0, 0.1) is 5.92 Å². The molecule has 2 aliphatic heterocycles. The molecule has 1 atom stereocenters. The van der Waals surface area contributed by atoms with E-state index in [4.69, 9.17) is 0 Å². The highest BCUT2D eigenvalue weighted by atomic mass is 16.2. The van der Waals surface area contributed by atoms with Gasteiger partial charge < -0.3 is 15.1 Å². The van der Waals surface area contributed by atoms with Crippen LogP contribution in [0.15, 0.2) is 54.6 Å². The minimum absolute atomic E-state index is 0.102. The lowest BCUT2D eigenvalue weighted by Gasteiger charge is -2.36. The van der Waals surface area contributed by atoms with Gasteiger partial charge in [0.1, 0.15) is 0 Å². The first-order chi connectivity index (χ1) is 16.1. The van der Waals surface area contributed by atoms with Gasteiger partial charge in [0.05, 0.1) is 11.5 Å². The highest BCUT2D eigenvalue weighted by Crippen LogP contribution is 2.28. The van der Waals surface area contributed by atoms with Gasteiger partial charge in [-0.1, -0.05) is 56.3 Å². The number of carbonyl (C=O) groups is 2. The molecule has 2 aliphatic rings. The fraction of sp³-hybridized carbons (Fsp3) is 0.500. The molecule has 2 fully saturated rings. The van der Waals surface area contributed by atoms with E-state index in [0.717, 1.165) is 75.1 Å². The van der Waals surface area contributed by atoms with Crippen molar-refractivity contribution >= 4 is 17.5 Å². The number of likely N-dealkylation sites (tertiary alicyclic amines) is 1. The number of para-hydroxylation sites is 1. The molecule has 0 radical (unpaired) electrons. The summed E-state index contributed by atoms with van der Waals surface area (Å²) in [5.74, 6) is 0.876. The molecule has 1 N–H and O–H groups in total. The number of anilines is 1. The molecule has 176 valence electrons. The molecule has 0 aromatic heterocycles. The Bertz CT molecular complexity index is 929. The van der Waals surface area contributed by atoms with E-state index >= 15 is 0 Å². The van der Waals surface area contributed by atoms with E-state index in [0.29, 0.717) is 5.92 Å². The molecular weight excluding hydrogens is 410 g/mol. The molecule has 0 saturated carbocycles. The minimum Gasteiger partial charge on any atom is -0.371 e. The second kappa shape index (κ2) is 10.9. The van der Waals surface area contributed by atoms with E-state index in [2.05, 4.69) is 30.1 Å². The molecule has 2 heterocycles. The summed E-state index contributed by atoms with van der Waals surface area (Å²) in [7, 11) is 0. The van der Waals surface area contributed by atoms with Gasteiger partial charge in [0.2, 0.25) is 5.91 Å². The van der Waals surface area contributed by atoms with Crippen molar-refractivity contribution < 1.29 is 9.59 Å². The Kier molecular flexibility index (Phi) is 7.69. The molecule has 33 heavy (non-hydrogen) atoms. The summed E-state index contributed by atoms with van der Waals surface area (Å²) in [6.45, 7) is 7.71. The van der Waals surface area contributed by atoms with E-state index in [9.17, 15) is 9.59 Å². The van der Waals surface area contributed by atoms with Crippen LogP contribution in [0.4, 0.5) is 5.69 Å². The van der Waals surface area contributed by atoms with Gasteiger partial charge in [-0.25, -0.2) is 0 Å². The number of benzene rings is 2. The minimum atomic E-state index is -0.102. The molecule has 5 heteroatoms. The van der Waals surface area contributed by atoms with Gasteiger partial charge in [-0.15, -0.1) is 0 Å². The summed E-state index contributed by atoms with van der Waals surface area (Å²) in [4.78, 5) is 30.6. The van der Waals surface area contributed by atoms with Crippen LogP contribution in [-0.2, 0) is 4.79 Å². The van der Waals surface area contributed by atoms with E-state index in [1.54, 1.807) is 0 Å². The Balaban J connectivity index is 1.36. The Hall–Kier alpha value is -2.82. The fourth-order valence-corrected chi connectivity index (χ4v) is 5.14. The van der Waals surface area contributed by atoms with Gasteiger partial charge in [0.25, 0.3) is 5.91 Å². The Morgan fingerprint density at radius 1 is 0.909 bits per heavy atom. The van der Waals surface area contributed by atoms with E-state index in [-0.39, 0.29) is 23.8 Å². The van der Waals surface area contributed by atoms with Crippen LogP contribution < -0.4 is 10.2 Å². The van der Waals surface area contributed by atoms with Gasteiger partial charge in [-0.2, -0.15) is 0 Å². The second-order valence-corrected chi connectivity index (χ2v) is 9.63. The van der Waals surface area contributed by atoms with Gasteiger partial charge >= 0.3 is 0 Å². The Morgan fingerprint density at radius 2 is 1.55 bits per heavy atom. The number of hydrogen-bond donors (Lipinski definition) is 1. The predicted molar refractivity (Wildman–Crippen MR) is 134 cm³/mol. The molecule has 0 aliphatic carbocycles. The summed E-state index contributed by atoms with van der Waals surface area (Å²) in [5, 5.41) is 3.29. The Morgan fingerprint density at radius 3 is 2.21 bits per heavy atom. The SMILES string of the molecule is CC[C@@H](C(=O)NC1CCN(c2ccccc2C(=O)N2CCC(C)CC2)CC1)c1ccccc1. The van der Waals surface area contributed by atoms with Crippen molar-refractivity contribution in [1.82, 2.24) is 10.2 Å². The first kappa shape index (κ1) is 23.3. The summed E-state index contributed by atoms with van der Waals surface area (Å²) >= 11 is 0. The second-order valence-electron chi connectivity index (χ2n) is 9.63. The highest BCUT2D eigenvalue weighted by Gasteiger charge is 2.28. The van der Waals surface area contributed by atoms with Crippen molar-refractivity contribution in [2.45, 2.75) is 57.9 Å². The lowest BCUT2D eigenvalue weighted by atomic mass is 9.94. The zero-order valence-electron chi connectivity index (χ0n) is 20.0. The number of nitrogens with zero attached hydrogens (tertiary/aromatic N) is 2. The molecular formula is C28H37N3O2. The largest absolute Gasteiger partial charge is 0.371 e. The molecule has 2 aromatic carbocycles. The number of piperidine rings is 2. The Labute approximate surface area is 198 Å². The first-order valence-electron chi connectivity index (χ1n) is 12.6. The smallest absolute Gasteiger partial charge is 0.255 e. The summed E-state index contributed by atoms with van der Waals surface area (Å²) in [6.07, 6.45) is 4.74. The topological polar surface area (TPSA) is 52.7 Å². The average Bonchev–Trinajstić information content (AvgIpc) is 2.86. The van der Waals surface area contributed by atoms with Crippen molar-refractivity contribution in [3.8, 4) is 0 Å². The van der Waals surface area contributed by atoms with Crippen LogP contribution in [-0.4, -0.2) is 48.9 Å². The molecule has 2 aromatic rings. The standard InChI is InChI=1S/C28H37N3O2/c1-3-24(22-9-5-4-6-10-22)27(32)29-23-15-19-30(20-16-23)26-12-8-7-11-25(26)28(33)31-17-13-21(2)14-18-31/h4-12,21,23-24H,3,13-20H2,1-2H3,(H,29,32)/t24-/m1/s1. The number of rotatable bonds is 6. The van der Waals surface area contributed by atoms with Crippen molar-refractivity contribution in [2.24, 2.45) is 5.92 Å². The zero-order chi connectivity index (χ0) is 23.2. The first-order valence-corrected chi connectivity index (χ1v) is 12.6. The zero-order valence-corrected chi connectivity index (χ0v) is 20.0. The average molecular weight is 448 g/mol. The van der Waals surface area contributed by atoms with Crippen molar-refractivity contribution in [3.05, 3.63) is 65.7 Å². The molecule has 0 spiro atoms. The third-order valence-electron chi connectivity index (χ3n) is 7.31. The fourth-order valence-electron chi connectivity index (χ4n) is 5.14. The van der Waals surface area contributed by atoms with Crippen LogP contribution in [0.1, 0.15) is 67.8 Å². The molecule has 2 saturated heterocycles. The maximum atomic E-state index is 13.3. The van der Waals surface area contributed by atoms with Crippen LogP contribution in [0.3, 0.4) is 0 Å². The summed E-state index contributed by atoms with van der Waals surface area (Å²) < 4.78 is 0. The third-order valence-corrected chi connectivity index (χ3v) is 7.31. The lowest BCUT2D eigenvalue weighted by molar-refractivity contribution is -0.123. The molecule has 4 rings (SSSR count). The van der Waals surface area contributed by atoms with Gasteiger partial charge in [-0.3, -0.25) is 9.59 Å². The van der Waals surface area contributed by atoms with E-state index < -0.39 is 0 Å². The van der Waals surface area contributed by atoms with Crippen LogP contribution in [0.5, 0.6) is 0 Å². The highest BCUT2D eigenvalue weighted by molar-refractivity contribution is 6.00. The monoisotopic (exact) mass is 447 g/mol. The molecule has 0 unspecified atom stereocenters. The quantitative estimate of drug-likeness (QED) is 0.690. The third kappa shape index (κ3) is 5.58. The normalized spacial score (nSPS) is 18.7. The van der Waals surface area contributed by atoms with Crippen molar-refractivity contribution in [1.29, 1.82) is 0 Å². The predicted octanol–water partition coefficient (Wildman–Crippen LogP) is 4.84. The van der Waals surface area contributed by atoms with E-state index in [1.165, 1.54) is 0 Å². The van der Waals surface area contributed by atoms with Crippen molar-refractivity contribution in [3.63, 3.8) is 0 Å². The number of nitrogens with one attached hydrogen (secondary N) is 1. The van der Waals surface area contributed by atoms with Gasteiger partial charge in [0.15, 0.2) is 0 Å². The number of hydrogen-bond acceptors (Lipinski definition) is 3. The molecule has 2 amide bonds. The molecule has 0 bridgehead atoms. The van der Waals surface area contributed by atoms with Crippen LogP contribution in [0.2, 0.25) is 0 Å². The lowest BCUT2D eigenvalue weighted by Crippen LogP contribution is -2.46. The molecule has 5 nitrogen and oxygen atoms in total. The van der Waals surface area contributed by atoms with Crippen molar-refractivity contribution in [2.75, 3.05) is 31.1 Å². The van der Waals surface area contributed by atoms with Gasteiger partial charge in [0, 0.05) is 37.9 Å². The number of carbonyl (C=O) groups excluding carboxylic acids is 2. The van der Waals surface area contributed by atoms with Gasteiger partial charge in [-0.05, 0) is 55.7 Å². The van der Waals surface area contributed by atoms with E-state index in [1.807, 2.05) is 53.4 Å². The van der Waals surface area contributed by atoms with Crippen LogP contribution >= 0.6 is 0 Å². The summed E-state index contributed by atoms with van der Waals surface area (Å²) in [6, 6.07) is 18.2. The maximum Gasteiger partial charge on any atom is 0.255 e. The number of amides is 2. The maximum absolute atomic E-state index is 13.3. The van der Waals surface area contributed by atoms with Crippen LogP contribution in [0.25, 0.3) is 0 Å². The summed E-state index contributed by atoms with van der Waals surface area (Å²) in [5.41, 5.74) is 2.92.